The zero-order chi connectivity index (χ0) is 17.8. The number of hydrogen-bond acceptors (Lipinski definition) is 4. The van der Waals surface area contributed by atoms with Crippen LogP contribution in [-0.2, 0) is 20.8 Å². The summed E-state index contributed by atoms with van der Waals surface area (Å²) in [6.07, 6.45) is 1.49. The van der Waals surface area contributed by atoms with E-state index in [1.807, 2.05) is 19.2 Å². The lowest BCUT2D eigenvalue weighted by Gasteiger charge is -2.19. The van der Waals surface area contributed by atoms with E-state index in [2.05, 4.69) is 0 Å². The van der Waals surface area contributed by atoms with Gasteiger partial charge in [-0.3, -0.25) is 14.9 Å². The number of imide groups is 1. The molecule has 0 fully saturated rings. The molecule has 2 aliphatic rings. The fourth-order valence-corrected chi connectivity index (χ4v) is 4.11. The molecule has 2 amide bonds. The molecule has 1 aromatic carbocycles. The minimum Gasteiger partial charge on any atom is -0.502 e. The monoisotopic (exact) mass is 367 g/mol. The summed E-state index contributed by atoms with van der Waals surface area (Å²) in [5.74, 6) is -2.28. The summed E-state index contributed by atoms with van der Waals surface area (Å²) in [6, 6.07) is 1.64. The number of aliphatic hydroxyl groups is 1. The normalized spacial score (nSPS) is 23.0. The van der Waals surface area contributed by atoms with Crippen LogP contribution in [0.25, 0.3) is 5.57 Å². The Balaban J connectivity index is 2.21. The topological polar surface area (TPSA) is 83.5 Å². The van der Waals surface area contributed by atoms with Gasteiger partial charge in [0.2, 0.25) is 0 Å². The van der Waals surface area contributed by atoms with Gasteiger partial charge in [0.25, 0.3) is 11.8 Å². The van der Waals surface area contributed by atoms with Crippen molar-refractivity contribution >= 4 is 46.9 Å². The Kier molecular flexibility index (Phi) is 4.18. The molecule has 1 heterocycles. The molecule has 0 bridgehead atoms. The smallest absolute Gasteiger partial charge is 0.293 e. The standard InChI is InChI=1S/C17H15Cl2NO4/c1-6(2)8-3-7-4-9(12-15(22)17(24)20-16(12)23)13(18)14(19)11(7)10(8)5-21/h4-6,8,10H,3H2,1-2H3,(H2,20,22,23,24). The SMILES string of the molecule is CC(C)C1Cc2cc(C3=C(O)C(=O)NC3=O)c(Cl)c(Cl)c2C1C=O. The van der Waals surface area contributed by atoms with Gasteiger partial charge in [-0.1, -0.05) is 37.0 Å². The van der Waals surface area contributed by atoms with Gasteiger partial charge in [0.1, 0.15) is 6.29 Å². The molecule has 1 aliphatic carbocycles. The Bertz CT molecular complexity index is 813. The Morgan fingerprint density at radius 2 is 1.92 bits per heavy atom. The van der Waals surface area contributed by atoms with E-state index >= 15 is 0 Å². The van der Waals surface area contributed by atoms with Gasteiger partial charge < -0.3 is 9.90 Å². The van der Waals surface area contributed by atoms with E-state index < -0.39 is 17.6 Å². The zero-order valence-corrected chi connectivity index (χ0v) is 14.5. The number of carbonyl (C=O) groups is 3. The van der Waals surface area contributed by atoms with Crippen molar-refractivity contribution in [1.29, 1.82) is 0 Å². The van der Waals surface area contributed by atoms with Gasteiger partial charge in [0.15, 0.2) is 5.76 Å². The Hall–Kier alpha value is -1.85. The molecule has 0 spiro atoms. The first-order valence-electron chi connectivity index (χ1n) is 7.53. The largest absolute Gasteiger partial charge is 0.502 e. The third-order valence-corrected chi connectivity index (χ3v) is 5.64. The number of halogens is 2. The number of benzene rings is 1. The lowest BCUT2D eigenvalue weighted by molar-refractivity contribution is -0.124. The first-order valence-corrected chi connectivity index (χ1v) is 8.28. The average Bonchev–Trinajstić information content (AvgIpc) is 3.01. The number of fused-ring (bicyclic) bond motifs is 1. The summed E-state index contributed by atoms with van der Waals surface area (Å²) in [5, 5.41) is 12.1. The second kappa shape index (κ2) is 5.90. The van der Waals surface area contributed by atoms with Crippen LogP contribution in [0.2, 0.25) is 10.0 Å². The van der Waals surface area contributed by atoms with E-state index in [0.717, 1.165) is 11.8 Å². The van der Waals surface area contributed by atoms with Gasteiger partial charge in [-0.2, -0.15) is 0 Å². The maximum Gasteiger partial charge on any atom is 0.293 e. The molecule has 3 rings (SSSR count). The molecule has 24 heavy (non-hydrogen) atoms. The van der Waals surface area contributed by atoms with E-state index in [9.17, 15) is 19.5 Å². The lowest BCUT2D eigenvalue weighted by Crippen LogP contribution is -2.23. The number of amides is 2. The van der Waals surface area contributed by atoms with Gasteiger partial charge in [0.05, 0.1) is 15.6 Å². The van der Waals surface area contributed by atoms with Crippen molar-refractivity contribution in [2.45, 2.75) is 26.2 Å². The van der Waals surface area contributed by atoms with Crippen LogP contribution >= 0.6 is 23.2 Å². The van der Waals surface area contributed by atoms with Gasteiger partial charge in [-0.25, -0.2) is 0 Å². The molecule has 2 N–H and O–H groups in total. The van der Waals surface area contributed by atoms with Gasteiger partial charge in [-0.05, 0) is 35.4 Å². The van der Waals surface area contributed by atoms with Crippen molar-refractivity contribution in [2.75, 3.05) is 0 Å². The lowest BCUT2D eigenvalue weighted by atomic mass is 9.85. The second-order valence-corrected chi connectivity index (χ2v) is 7.16. The molecule has 2 unspecified atom stereocenters. The summed E-state index contributed by atoms with van der Waals surface area (Å²) in [4.78, 5) is 35.0. The predicted molar refractivity (Wildman–Crippen MR) is 90.0 cm³/mol. The van der Waals surface area contributed by atoms with Crippen molar-refractivity contribution in [3.63, 3.8) is 0 Å². The molecule has 5 nitrogen and oxygen atoms in total. The zero-order valence-electron chi connectivity index (χ0n) is 13.0. The minimum atomic E-state index is -0.867. The third-order valence-electron chi connectivity index (χ3n) is 4.76. The molecule has 1 aromatic rings. The molecule has 2 atom stereocenters. The minimum absolute atomic E-state index is 0.0538. The number of rotatable bonds is 3. The van der Waals surface area contributed by atoms with E-state index in [1.54, 1.807) is 6.07 Å². The molecule has 0 radical (unpaired) electrons. The highest BCUT2D eigenvalue weighted by atomic mass is 35.5. The molecular formula is C17H15Cl2NO4. The molecule has 7 heteroatoms. The van der Waals surface area contributed by atoms with Crippen LogP contribution in [-0.4, -0.2) is 23.2 Å². The molecule has 0 saturated heterocycles. The van der Waals surface area contributed by atoms with Crippen LogP contribution in [0.1, 0.15) is 36.5 Å². The quantitative estimate of drug-likeness (QED) is 0.635. The molecule has 0 aromatic heterocycles. The molecule has 126 valence electrons. The number of aliphatic hydroxyl groups excluding tert-OH is 1. The first kappa shape index (κ1) is 17.0. The predicted octanol–water partition coefficient (Wildman–Crippen LogP) is 3.03. The Labute approximate surface area is 148 Å². The maximum absolute atomic E-state index is 11.9. The van der Waals surface area contributed by atoms with Crippen LogP contribution in [0.5, 0.6) is 0 Å². The van der Waals surface area contributed by atoms with E-state index in [0.29, 0.717) is 12.0 Å². The maximum atomic E-state index is 11.9. The van der Waals surface area contributed by atoms with Gasteiger partial charge >= 0.3 is 0 Å². The Morgan fingerprint density at radius 1 is 1.25 bits per heavy atom. The van der Waals surface area contributed by atoms with Crippen LogP contribution in [0.15, 0.2) is 11.8 Å². The van der Waals surface area contributed by atoms with Gasteiger partial charge in [-0.15, -0.1) is 0 Å². The summed E-state index contributed by atoms with van der Waals surface area (Å²) < 4.78 is 0. The summed E-state index contributed by atoms with van der Waals surface area (Å²) in [5.41, 5.74) is 1.49. The fraction of sp³-hybridized carbons (Fsp3) is 0.353. The van der Waals surface area contributed by atoms with Crippen LogP contribution < -0.4 is 5.32 Å². The fourth-order valence-electron chi connectivity index (χ4n) is 3.51. The number of aldehydes is 1. The molecule has 0 saturated carbocycles. The average molecular weight is 368 g/mol. The highest BCUT2D eigenvalue weighted by molar-refractivity contribution is 6.46. The highest BCUT2D eigenvalue weighted by Gasteiger charge is 2.39. The first-order chi connectivity index (χ1) is 11.3. The van der Waals surface area contributed by atoms with E-state index in [4.69, 9.17) is 23.2 Å². The molecule has 1 aliphatic heterocycles. The highest BCUT2D eigenvalue weighted by Crippen LogP contribution is 2.48. The summed E-state index contributed by atoms with van der Waals surface area (Å²) in [7, 11) is 0. The number of carbonyl (C=O) groups excluding carboxylic acids is 3. The van der Waals surface area contributed by atoms with Gasteiger partial charge in [0, 0.05) is 11.5 Å². The van der Waals surface area contributed by atoms with Crippen LogP contribution in [0, 0.1) is 11.8 Å². The van der Waals surface area contributed by atoms with Crippen molar-refractivity contribution in [3.05, 3.63) is 38.6 Å². The van der Waals surface area contributed by atoms with E-state index in [-0.39, 0.29) is 38.9 Å². The summed E-state index contributed by atoms with van der Waals surface area (Å²) >= 11 is 12.7. The number of nitrogens with one attached hydrogen (secondary N) is 1. The van der Waals surface area contributed by atoms with E-state index in [1.165, 1.54) is 0 Å². The van der Waals surface area contributed by atoms with Crippen molar-refractivity contribution in [3.8, 4) is 0 Å². The second-order valence-electron chi connectivity index (χ2n) is 6.41. The van der Waals surface area contributed by atoms with Crippen LogP contribution in [0.3, 0.4) is 0 Å². The number of hydrogen-bond donors (Lipinski definition) is 2. The van der Waals surface area contributed by atoms with Crippen molar-refractivity contribution in [2.24, 2.45) is 11.8 Å². The van der Waals surface area contributed by atoms with Crippen molar-refractivity contribution in [1.82, 2.24) is 5.32 Å². The summed E-state index contributed by atoms with van der Waals surface area (Å²) in [6.45, 7) is 4.06. The molecular weight excluding hydrogens is 353 g/mol. The Morgan fingerprint density at radius 3 is 2.42 bits per heavy atom. The van der Waals surface area contributed by atoms with Crippen LogP contribution in [0.4, 0.5) is 0 Å². The third kappa shape index (κ3) is 2.34. The van der Waals surface area contributed by atoms with Crippen molar-refractivity contribution < 1.29 is 19.5 Å².